The van der Waals surface area contributed by atoms with Gasteiger partial charge in [-0.25, -0.2) is 0 Å². The summed E-state index contributed by atoms with van der Waals surface area (Å²) >= 11 is 1.88. The van der Waals surface area contributed by atoms with E-state index >= 15 is 0 Å². The molecule has 0 saturated carbocycles. The fourth-order valence-electron chi connectivity index (χ4n) is 2.47. The maximum atomic E-state index is 12.2. The Morgan fingerprint density at radius 1 is 1.39 bits per heavy atom. The van der Waals surface area contributed by atoms with Crippen molar-refractivity contribution in [3.8, 4) is 0 Å². The lowest BCUT2D eigenvalue weighted by Crippen LogP contribution is -2.39. The van der Waals surface area contributed by atoms with E-state index in [-0.39, 0.29) is 23.9 Å². The lowest BCUT2D eigenvalue weighted by Gasteiger charge is -2.22. The van der Waals surface area contributed by atoms with Crippen LogP contribution in [0.3, 0.4) is 0 Å². The molecule has 0 aliphatic carbocycles. The fourth-order valence-corrected chi connectivity index (χ4v) is 3.42. The molecule has 2 amide bonds. The van der Waals surface area contributed by atoms with Crippen LogP contribution in [0.5, 0.6) is 0 Å². The van der Waals surface area contributed by atoms with E-state index in [0.717, 1.165) is 29.3 Å². The second-order valence-electron chi connectivity index (χ2n) is 6.14. The summed E-state index contributed by atoms with van der Waals surface area (Å²) in [4.78, 5) is 24.2. The van der Waals surface area contributed by atoms with Crippen LogP contribution < -0.4 is 16.0 Å². The van der Waals surface area contributed by atoms with Crippen LogP contribution in [0.4, 0.5) is 5.69 Å². The summed E-state index contributed by atoms with van der Waals surface area (Å²) in [5.74, 6) is 1.99. The monoisotopic (exact) mass is 335 g/mol. The predicted octanol–water partition coefficient (Wildman–Crippen LogP) is 2.17. The minimum atomic E-state index is -0.0931. The molecule has 126 valence electrons. The Bertz CT molecular complexity index is 569. The molecule has 2 rings (SSSR count). The smallest absolute Gasteiger partial charge is 0.251 e. The SMILES string of the molecule is Cc1cc(C(=O)NC(C)C)ccc1NC(=O)CC1CSCCN1. The molecule has 5 nitrogen and oxygen atoms in total. The van der Waals surface area contributed by atoms with Crippen molar-refractivity contribution < 1.29 is 9.59 Å². The van der Waals surface area contributed by atoms with Crippen molar-refractivity contribution >= 4 is 29.3 Å². The van der Waals surface area contributed by atoms with Gasteiger partial charge in [-0.1, -0.05) is 0 Å². The molecule has 0 aromatic heterocycles. The fraction of sp³-hybridized carbons (Fsp3) is 0.529. The molecule has 0 radical (unpaired) electrons. The van der Waals surface area contributed by atoms with E-state index in [9.17, 15) is 9.59 Å². The standard InChI is InChI=1S/C17H25N3O2S/c1-11(2)19-17(22)13-4-5-15(12(3)8-13)20-16(21)9-14-10-23-7-6-18-14/h4-5,8,11,14,18H,6-7,9-10H2,1-3H3,(H,19,22)(H,20,21). The van der Waals surface area contributed by atoms with Gasteiger partial charge in [0.2, 0.25) is 5.91 Å². The first kappa shape index (κ1) is 17.8. The Labute approximate surface area is 142 Å². The number of benzene rings is 1. The number of hydrogen-bond donors (Lipinski definition) is 3. The molecular formula is C17H25N3O2S. The highest BCUT2D eigenvalue weighted by atomic mass is 32.2. The van der Waals surface area contributed by atoms with Crippen LogP contribution in [-0.2, 0) is 4.79 Å². The van der Waals surface area contributed by atoms with Gasteiger partial charge in [-0.3, -0.25) is 9.59 Å². The first-order valence-electron chi connectivity index (χ1n) is 7.98. The van der Waals surface area contributed by atoms with Gasteiger partial charge in [0.1, 0.15) is 0 Å². The van der Waals surface area contributed by atoms with Crippen molar-refractivity contribution in [2.24, 2.45) is 0 Å². The maximum absolute atomic E-state index is 12.2. The molecule has 1 atom stereocenters. The zero-order valence-corrected chi connectivity index (χ0v) is 14.8. The normalized spacial score (nSPS) is 17.8. The summed E-state index contributed by atoms with van der Waals surface area (Å²) in [5, 5.41) is 9.17. The number of carbonyl (C=O) groups excluding carboxylic acids is 2. The van der Waals surface area contributed by atoms with Crippen LogP contribution in [0.15, 0.2) is 18.2 Å². The highest BCUT2D eigenvalue weighted by molar-refractivity contribution is 7.99. The predicted molar refractivity (Wildman–Crippen MR) is 96.1 cm³/mol. The number of amides is 2. The van der Waals surface area contributed by atoms with Crippen molar-refractivity contribution in [1.29, 1.82) is 0 Å². The third-order valence-corrected chi connectivity index (χ3v) is 4.74. The Morgan fingerprint density at radius 2 is 2.17 bits per heavy atom. The summed E-state index contributed by atoms with van der Waals surface area (Å²) in [6.07, 6.45) is 0.474. The van der Waals surface area contributed by atoms with Crippen LogP contribution >= 0.6 is 11.8 Å². The Balaban J connectivity index is 1.94. The number of thioether (sulfide) groups is 1. The van der Waals surface area contributed by atoms with E-state index in [4.69, 9.17) is 0 Å². The molecule has 1 heterocycles. The Kier molecular flexibility index (Phi) is 6.47. The van der Waals surface area contributed by atoms with E-state index in [2.05, 4.69) is 16.0 Å². The molecule has 1 unspecified atom stereocenters. The van der Waals surface area contributed by atoms with Gasteiger partial charge in [0.25, 0.3) is 5.91 Å². The average Bonchev–Trinajstić information content (AvgIpc) is 2.49. The zero-order valence-electron chi connectivity index (χ0n) is 13.9. The summed E-state index contributed by atoms with van der Waals surface area (Å²) < 4.78 is 0. The van der Waals surface area contributed by atoms with Crippen molar-refractivity contribution in [2.45, 2.75) is 39.3 Å². The van der Waals surface area contributed by atoms with Gasteiger partial charge in [0, 0.05) is 47.8 Å². The van der Waals surface area contributed by atoms with E-state index < -0.39 is 0 Å². The largest absolute Gasteiger partial charge is 0.350 e. The molecule has 1 saturated heterocycles. The lowest BCUT2D eigenvalue weighted by molar-refractivity contribution is -0.116. The van der Waals surface area contributed by atoms with Crippen molar-refractivity contribution in [1.82, 2.24) is 10.6 Å². The van der Waals surface area contributed by atoms with Gasteiger partial charge in [-0.15, -0.1) is 0 Å². The lowest BCUT2D eigenvalue weighted by atomic mass is 10.1. The van der Waals surface area contributed by atoms with Crippen molar-refractivity contribution in [3.63, 3.8) is 0 Å². The van der Waals surface area contributed by atoms with Crippen LogP contribution in [0.2, 0.25) is 0 Å². The number of aryl methyl sites for hydroxylation is 1. The first-order valence-corrected chi connectivity index (χ1v) is 9.13. The van der Waals surface area contributed by atoms with Gasteiger partial charge in [-0.2, -0.15) is 11.8 Å². The number of rotatable bonds is 5. The molecule has 3 N–H and O–H groups in total. The third kappa shape index (κ3) is 5.55. The summed E-state index contributed by atoms with van der Waals surface area (Å²) in [6, 6.07) is 5.69. The highest BCUT2D eigenvalue weighted by Crippen LogP contribution is 2.18. The maximum Gasteiger partial charge on any atom is 0.251 e. The van der Waals surface area contributed by atoms with Gasteiger partial charge in [0.05, 0.1) is 0 Å². The molecular weight excluding hydrogens is 310 g/mol. The first-order chi connectivity index (χ1) is 11.0. The van der Waals surface area contributed by atoms with Crippen LogP contribution in [0, 0.1) is 6.92 Å². The third-order valence-electron chi connectivity index (χ3n) is 3.61. The molecule has 1 fully saturated rings. The second kappa shape index (κ2) is 8.36. The topological polar surface area (TPSA) is 70.2 Å². The van der Waals surface area contributed by atoms with E-state index in [1.807, 2.05) is 38.6 Å². The summed E-state index contributed by atoms with van der Waals surface area (Å²) in [7, 11) is 0. The van der Waals surface area contributed by atoms with Crippen molar-refractivity contribution in [2.75, 3.05) is 23.4 Å². The highest BCUT2D eigenvalue weighted by Gasteiger charge is 2.17. The molecule has 6 heteroatoms. The van der Waals surface area contributed by atoms with Gasteiger partial charge in [-0.05, 0) is 44.5 Å². The quantitative estimate of drug-likeness (QED) is 0.771. The minimum absolute atomic E-state index is 0.00693. The minimum Gasteiger partial charge on any atom is -0.350 e. The number of hydrogen-bond acceptors (Lipinski definition) is 4. The van der Waals surface area contributed by atoms with Gasteiger partial charge >= 0.3 is 0 Å². The summed E-state index contributed by atoms with van der Waals surface area (Å²) in [6.45, 7) is 6.71. The Morgan fingerprint density at radius 3 is 2.78 bits per heavy atom. The van der Waals surface area contributed by atoms with Gasteiger partial charge < -0.3 is 16.0 Å². The molecule has 23 heavy (non-hydrogen) atoms. The Hall–Kier alpha value is -1.53. The number of anilines is 1. The summed E-state index contributed by atoms with van der Waals surface area (Å²) in [5.41, 5.74) is 2.26. The molecule has 1 aromatic rings. The molecule has 1 aliphatic heterocycles. The average molecular weight is 335 g/mol. The number of nitrogens with one attached hydrogen (secondary N) is 3. The van der Waals surface area contributed by atoms with Crippen LogP contribution in [-0.4, -0.2) is 41.9 Å². The molecule has 1 aromatic carbocycles. The molecule has 0 spiro atoms. The van der Waals surface area contributed by atoms with Crippen LogP contribution in [0.1, 0.15) is 36.2 Å². The van der Waals surface area contributed by atoms with Crippen molar-refractivity contribution in [3.05, 3.63) is 29.3 Å². The van der Waals surface area contributed by atoms with Gasteiger partial charge in [0.15, 0.2) is 0 Å². The van der Waals surface area contributed by atoms with E-state index in [1.165, 1.54) is 0 Å². The van der Waals surface area contributed by atoms with E-state index in [1.54, 1.807) is 12.1 Å². The zero-order chi connectivity index (χ0) is 16.8. The number of carbonyl (C=O) groups is 2. The second-order valence-corrected chi connectivity index (χ2v) is 7.29. The van der Waals surface area contributed by atoms with Crippen LogP contribution in [0.25, 0.3) is 0 Å². The molecule has 0 bridgehead atoms. The molecule has 1 aliphatic rings. The van der Waals surface area contributed by atoms with E-state index in [0.29, 0.717) is 12.0 Å².